The lowest BCUT2D eigenvalue weighted by atomic mass is 10.2. The minimum atomic E-state index is 0.124. The van der Waals surface area contributed by atoms with Crippen molar-refractivity contribution in [1.29, 1.82) is 0 Å². The predicted molar refractivity (Wildman–Crippen MR) is 67.5 cm³/mol. The van der Waals surface area contributed by atoms with Crippen LogP contribution in [0.4, 0.5) is 0 Å². The molecule has 4 heteroatoms. The number of benzene rings is 1. The molecule has 1 N–H and O–H groups in total. The molecule has 0 aliphatic carbocycles. The van der Waals surface area contributed by atoms with E-state index in [1.807, 2.05) is 36.2 Å². The third kappa shape index (κ3) is 2.44. The summed E-state index contributed by atoms with van der Waals surface area (Å²) in [7, 11) is 1.94. The van der Waals surface area contributed by atoms with Crippen LogP contribution < -0.4 is 5.32 Å². The fourth-order valence-corrected chi connectivity index (χ4v) is 2.38. The molecule has 86 valence electrons. The van der Waals surface area contributed by atoms with Crippen LogP contribution >= 0.6 is 15.9 Å². The van der Waals surface area contributed by atoms with Gasteiger partial charge in [-0.05, 0) is 31.7 Å². The van der Waals surface area contributed by atoms with E-state index in [0.29, 0.717) is 6.04 Å². The summed E-state index contributed by atoms with van der Waals surface area (Å²) in [4.78, 5) is 14.0. The van der Waals surface area contributed by atoms with Gasteiger partial charge in [-0.25, -0.2) is 0 Å². The Balaban J connectivity index is 2.08. The van der Waals surface area contributed by atoms with Crippen molar-refractivity contribution in [3.63, 3.8) is 0 Å². The monoisotopic (exact) mass is 282 g/mol. The third-order valence-corrected chi connectivity index (χ3v) is 3.45. The Morgan fingerprint density at radius 1 is 1.56 bits per heavy atom. The molecule has 1 aromatic carbocycles. The number of carbonyl (C=O) groups excluding carboxylic acids is 1. The highest BCUT2D eigenvalue weighted by molar-refractivity contribution is 9.10. The first-order valence-corrected chi connectivity index (χ1v) is 6.22. The number of rotatable bonds is 2. The van der Waals surface area contributed by atoms with Gasteiger partial charge in [0.2, 0.25) is 0 Å². The maximum absolute atomic E-state index is 12.1. The molecule has 0 aromatic heterocycles. The zero-order valence-corrected chi connectivity index (χ0v) is 10.8. The van der Waals surface area contributed by atoms with Crippen molar-refractivity contribution < 1.29 is 4.79 Å². The topological polar surface area (TPSA) is 32.3 Å². The Hall–Kier alpha value is -0.870. The van der Waals surface area contributed by atoms with E-state index >= 15 is 0 Å². The standard InChI is InChI=1S/C12H15BrN2O/c1-14-11-5-6-15(8-11)12(16)9-3-2-4-10(13)7-9/h2-4,7,11,14H,5-6,8H2,1H3. The van der Waals surface area contributed by atoms with Crippen molar-refractivity contribution >= 4 is 21.8 Å². The Morgan fingerprint density at radius 2 is 2.38 bits per heavy atom. The van der Waals surface area contributed by atoms with Gasteiger partial charge in [-0.2, -0.15) is 0 Å². The van der Waals surface area contributed by atoms with Gasteiger partial charge >= 0.3 is 0 Å². The van der Waals surface area contributed by atoms with E-state index in [0.717, 1.165) is 29.5 Å². The molecular formula is C12H15BrN2O. The quantitative estimate of drug-likeness (QED) is 0.899. The molecule has 1 atom stereocenters. The maximum Gasteiger partial charge on any atom is 0.253 e. The van der Waals surface area contributed by atoms with Crippen molar-refractivity contribution in [2.24, 2.45) is 0 Å². The summed E-state index contributed by atoms with van der Waals surface area (Å²) in [6, 6.07) is 7.99. The molecule has 0 spiro atoms. The van der Waals surface area contributed by atoms with Gasteiger partial charge in [-0.3, -0.25) is 4.79 Å². The first-order chi connectivity index (χ1) is 7.70. The second-order valence-electron chi connectivity index (χ2n) is 4.04. The highest BCUT2D eigenvalue weighted by Gasteiger charge is 2.25. The smallest absolute Gasteiger partial charge is 0.253 e. The summed E-state index contributed by atoms with van der Waals surface area (Å²) in [6.07, 6.45) is 1.04. The number of hydrogen-bond acceptors (Lipinski definition) is 2. The number of likely N-dealkylation sites (N-methyl/N-ethyl adjacent to an activating group) is 1. The fraction of sp³-hybridized carbons (Fsp3) is 0.417. The summed E-state index contributed by atoms with van der Waals surface area (Å²) >= 11 is 3.38. The average molecular weight is 283 g/mol. The minimum absolute atomic E-state index is 0.124. The van der Waals surface area contributed by atoms with Gasteiger partial charge in [0.15, 0.2) is 0 Å². The second kappa shape index (κ2) is 4.97. The molecule has 3 nitrogen and oxygen atoms in total. The maximum atomic E-state index is 12.1. The molecule has 2 rings (SSSR count). The molecule has 1 unspecified atom stereocenters. The van der Waals surface area contributed by atoms with Crippen molar-refractivity contribution in [3.05, 3.63) is 34.3 Å². The first kappa shape index (κ1) is 11.6. The van der Waals surface area contributed by atoms with E-state index in [1.54, 1.807) is 0 Å². The van der Waals surface area contributed by atoms with E-state index in [4.69, 9.17) is 0 Å². The number of hydrogen-bond donors (Lipinski definition) is 1. The highest BCUT2D eigenvalue weighted by Crippen LogP contribution is 2.16. The zero-order chi connectivity index (χ0) is 11.5. The number of likely N-dealkylation sites (tertiary alicyclic amines) is 1. The fourth-order valence-electron chi connectivity index (χ4n) is 1.98. The Kier molecular flexibility index (Phi) is 3.61. The molecule has 1 aromatic rings. The molecule has 0 saturated carbocycles. The summed E-state index contributed by atoms with van der Waals surface area (Å²) in [6.45, 7) is 1.65. The lowest BCUT2D eigenvalue weighted by Gasteiger charge is -2.16. The predicted octanol–water partition coefficient (Wildman–Crippen LogP) is 1.88. The van der Waals surface area contributed by atoms with Crippen LogP contribution in [0.3, 0.4) is 0 Å². The normalized spacial score (nSPS) is 20.1. The molecule has 1 heterocycles. The average Bonchev–Trinajstić information content (AvgIpc) is 2.76. The van der Waals surface area contributed by atoms with Crippen molar-refractivity contribution in [2.75, 3.05) is 20.1 Å². The van der Waals surface area contributed by atoms with Crippen LogP contribution in [-0.2, 0) is 0 Å². The molecule has 0 bridgehead atoms. The molecule has 1 fully saturated rings. The molecular weight excluding hydrogens is 268 g/mol. The Labute approximate surface area is 104 Å². The van der Waals surface area contributed by atoms with E-state index < -0.39 is 0 Å². The van der Waals surface area contributed by atoms with Gasteiger partial charge < -0.3 is 10.2 Å². The SMILES string of the molecule is CNC1CCN(C(=O)c2cccc(Br)c2)C1. The van der Waals surface area contributed by atoms with E-state index in [1.165, 1.54) is 0 Å². The largest absolute Gasteiger partial charge is 0.337 e. The lowest BCUT2D eigenvalue weighted by Crippen LogP contribution is -2.33. The number of amides is 1. The van der Waals surface area contributed by atoms with Gasteiger partial charge in [-0.1, -0.05) is 22.0 Å². The first-order valence-electron chi connectivity index (χ1n) is 5.43. The van der Waals surface area contributed by atoms with Gasteiger partial charge in [0, 0.05) is 29.2 Å². The molecule has 1 aliphatic heterocycles. The Morgan fingerprint density at radius 3 is 3.00 bits per heavy atom. The molecule has 1 amide bonds. The van der Waals surface area contributed by atoms with Gasteiger partial charge in [0.05, 0.1) is 0 Å². The van der Waals surface area contributed by atoms with Crippen LogP contribution in [0.5, 0.6) is 0 Å². The van der Waals surface area contributed by atoms with Crippen LogP contribution in [0, 0.1) is 0 Å². The molecule has 1 aliphatic rings. The molecule has 0 radical (unpaired) electrons. The summed E-state index contributed by atoms with van der Waals surface area (Å²) < 4.78 is 0.947. The van der Waals surface area contributed by atoms with Crippen LogP contribution in [0.25, 0.3) is 0 Å². The van der Waals surface area contributed by atoms with Crippen LogP contribution in [0.2, 0.25) is 0 Å². The van der Waals surface area contributed by atoms with Crippen LogP contribution in [0.1, 0.15) is 16.8 Å². The van der Waals surface area contributed by atoms with Crippen molar-refractivity contribution in [1.82, 2.24) is 10.2 Å². The summed E-state index contributed by atoms with van der Waals surface area (Å²) in [5, 5.41) is 3.21. The van der Waals surface area contributed by atoms with Gasteiger partial charge in [-0.15, -0.1) is 0 Å². The molecule has 16 heavy (non-hydrogen) atoms. The molecule has 1 saturated heterocycles. The van der Waals surface area contributed by atoms with E-state index in [2.05, 4.69) is 21.2 Å². The number of nitrogens with zero attached hydrogens (tertiary/aromatic N) is 1. The Bertz CT molecular complexity index is 394. The number of halogens is 1. The highest BCUT2D eigenvalue weighted by atomic mass is 79.9. The zero-order valence-electron chi connectivity index (χ0n) is 9.24. The van der Waals surface area contributed by atoms with E-state index in [-0.39, 0.29) is 5.91 Å². The minimum Gasteiger partial charge on any atom is -0.337 e. The van der Waals surface area contributed by atoms with Crippen molar-refractivity contribution in [3.8, 4) is 0 Å². The van der Waals surface area contributed by atoms with Gasteiger partial charge in [0.25, 0.3) is 5.91 Å². The summed E-state index contributed by atoms with van der Waals surface area (Å²) in [5.74, 6) is 0.124. The lowest BCUT2D eigenvalue weighted by molar-refractivity contribution is 0.0789. The number of carbonyl (C=O) groups is 1. The third-order valence-electron chi connectivity index (χ3n) is 2.96. The van der Waals surface area contributed by atoms with E-state index in [9.17, 15) is 4.79 Å². The van der Waals surface area contributed by atoms with Gasteiger partial charge in [0.1, 0.15) is 0 Å². The number of nitrogens with one attached hydrogen (secondary N) is 1. The second-order valence-corrected chi connectivity index (χ2v) is 4.95. The summed E-state index contributed by atoms with van der Waals surface area (Å²) in [5.41, 5.74) is 0.756. The van der Waals surface area contributed by atoms with Crippen LogP contribution in [0.15, 0.2) is 28.7 Å². The van der Waals surface area contributed by atoms with Crippen molar-refractivity contribution in [2.45, 2.75) is 12.5 Å². The van der Waals surface area contributed by atoms with Crippen LogP contribution in [-0.4, -0.2) is 37.0 Å².